The summed E-state index contributed by atoms with van der Waals surface area (Å²) in [4.78, 5) is 17.2. The summed E-state index contributed by atoms with van der Waals surface area (Å²) in [5.74, 6) is 0. The fourth-order valence-electron chi connectivity index (χ4n) is 6.01. The monoisotopic (exact) mass is 501 g/mol. The van der Waals surface area contributed by atoms with Gasteiger partial charge in [0, 0.05) is 22.1 Å². The summed E-state index contributed by atoms with van der Waals surface area (Å²) in [6.45, 7) is 0. The number of hydrogen-bond acceptors (Lipinski definition) is 1. The van der Waals surface area contributed by atoms with Crippen molar-refractivity contribution in [2.45, 2.75) is 0 Å². The average molecular weight is 502 g/mol. The number of rotatable bonds is 3. The van der Waals surface area contributed by atoms with Crippen LogP contribution in [-0.2, 0) is 0 Å². The van der Waals surface area contributed by atoms with Gasteiger partial charge in [0.15, 0.2) is 0 Å². The summed E-state index contributed by atoms with van der Waals surface area (Å²) in [5.41, 5.74) is 9.01. The minimum absolute atomic E-state index is 0.0828. The lowest BCUT2D eigenvalue weighted by Gasteiger charge is -2.12. The highest BCUT2D eigenvalue weighted by Crippen LogP contribution is 2.40. The lowest BCUT2D eigenvalue weighted by Crippen LogP contribution is -2.07. The van der Waals surface area contributed by atoms with Gasteiger partial charge in [0.25, 0.3) is 5.56 Å². The van der Waals surface area contributed by atoms with Crippen molar-refractivity contribution < 1.29 is 0 Å². The molecule has 0 aliphatic heterocycles. The van der Waals surface area contributed by atoms with Crippen molar-refractivity contribution in [1.82, 2.24) is 14.1 Å². The van der Waals surface area contributed by atoms with Gasteiger partial charge in [-0.15, -0.1) is 0 Å². The molecule has 0 unspecified atom stereocenters. The van der Waals surface area contributed by atoms with E-state index in [1.165, 1.54) is 0 Å². The van der Waals surface area contributed by atoms with Crippen molar-refractivity contribution in [1.29, 1.82) is 0 Å². The summed E-state index contributed by atoms with van der Waals surface area (Å²) >= 11 is 0. The lowest BCUT2D eigenvalue weighted by molar-refractivity contribution is 1.14. The number of aromatic nitrogens is 3. The molecule has 0 aliphatic carbocycles. The standard InChI is InChI=1S/C35H23N3O/c39-35-31-27-18-10-11-19-29(27)37(25-14-6-2-7-15-25)33(31)34-32(36-35)28-22-24(23-12-4-1-5-13-23)20-21-30(28)38(34)26-16-8-3-9-17-26/h1-22H,(H,36,39). The minimum Gasteiger partial charge on any atom is -0.319 e. The molecule has 8 rings (SSSR count). The van der Waals surface area contributed by atoms with E-state index < -0.39 is 0 Å². The molecule has 1 N–H and O–H groups in total. The number of hydrogen-bond donors (Lipinski definition) is 1. The van der Waals surface area contributed by atoms with Crippen molar-refractivity contribution in [3.05, 3.63) is 144 Å². The highest BCUT2D eigenvalue weighted by atomic mass is 16.1. The van der Waals surface area contributed by atoms with Crippen LogP contribution in [0.4, 0.5) is 0 Å². The molecule has 0 amide bonds. The number of aromatic amines is 1. The number of fused-ring (bicyclic) bond motifs is 7. The maximum absolute atomic E-state index is 13.9. The van der Waals surface area contributed by atoms with Crippen LogP contribution >= 0.6 is 0 Å². The minimum atomic E-state index is -0.0828. The Balaban J connectivity index is 1.64. The Hall–Kier alpha value is -5.35. The zero-order valence-corrected chi connectivity index (χ0v) is 21.0. The van der Waals surface area contributed by atoms with E-state index in [9.17, 15) is 4.79 Å². The first-order valence-corrected chi connectivity index (χ1v) is 13.1. The van der Waals surface area contributed by atoms with Gasteiger partial charge in [-0.2, -0.15) is 0 Å². The van der Waals surface area contributed by atoms with Gasteiger partial charge in [-0.25, -0.2) is 0 Å². The molecular weight excluding hydrogens is 478 g/mol. The Morgan fingerprint density at radius 3 is 1.74 bits per heavy atom. The van der Waals surface area contributed by atoms with E-state index in [1.807, 2.05) is 48.5 Å². The molecule has 3 heterocycles. The Kier molecular flexibility index (Phi) is 4.64. The molecule has 3 aromatic heterocycles. The molecule has 5 aromatic carbocycles. The van der Waals surface area contributed by atoms with Crippen LogP contribution in [0.5, 0.6) is 0 Å². The van der Waals surface area contributed by atoms with E-state index in [-0.39, 0.29) is 5.56 Å². The van der Waals surface area contributed by atoms with Crippen LogP contribution in [0, 0.1) is 0 Å². The summed E-state index contributed by atoms with van der Waals surface area (Å²) in [5, 5.41) is 2.65. The second-order valence-electron chi connectivity index (χ2n) is 9.86. The fourth-order valence-corrected chi connectivity index (χ4v) is 6.01. The third-order valence-corrected chi connectivity index (χ3v) is 7.67. The molecular formula is C35H23N3O. The Morgan fingerprint density at radius 1 is 0.487 bits per heavy atom. The van der Waals surface area contributed by atoms with Gasteiger partial charge >= 0.3 is 0 Å². The van der Waals surface area contributed by atoms with Crippen LogP contribution in [0.2, 0.25) is 0 Å². The number of H-pyrrole nitrogens is 1. The predicted octanol–water partition coefficient (Wildman–Crippen LogP) is 8.24. The maximum Gasteiger partial charge on any atom is 0.258 e. The number of para-hydroxylation sites is 3. The van der Waals surface area contributed by atoms with Crippen molar-refractivity contribution in [3.63, 3.8) is 0 Å². The van der Waals surface area contributed by atoms with Crippen LogP contribution in [0.15, 0.2) is 138 Å². The smallest absolute Gasteiger partial charge is 0.258 e. The van der Waals surface area contributed by atoms with Crippen molar-refractivity contribution in [3.8, 4) is 22.5 Å². The van der Waals surface area contributed by atoms with Crippen molar-refractivity contribution >= 4 is 43.7 Å². The first-order valence-electron chi connectivity index (χ1n) is 13.1. The van der Waals surface area contributed by atoms with Crippen LogP contribution in [-0.4, -0.2) is 14.1 Å². The topological polar surface area (TPSA) is 42.7 Å². The average Bonchev–Trinajstić information content (AvgIpc) is 3.52. The highest BCUT2D eigenvalue weighted by Gasteiger charge is 2.23. The van der Waals surface area contributed by atoms with Gasteiger partial charge in [-0.1, -0.05) is 91.0 Å². The molecule has 8 aromatic rings. The Labute approximate surface area is 224 Å². The molecule has 0 saturated carbocycles. The van der Waals surface area contributed by atoms with E-state index in [2.05, 4.69) is 99.0 Å². The SMILES string of the molecule is O=c1[nH]c2c3cc(-c4ccccc4)ccc3n(-c3ccccc3)c2c2c1c1ccccc1n2-c1ccccc1. The van der Waals surface area contributed by atoms with Crippen LogP contribution < -0.4 is 5.56 Å². The van der Waals surface area contributed by atoms with Crippen molar-refractivity contribution in [2.24, 2.45) is 0 Å². The maximum atomic E-state index is 13.9. The zero-order chi connectivity index (χ0) is 25.9. The van der Waals surface area contributed by atoms with Crippen LogP contribution in [0.3, 0.4) is 0 Å². The molecule has 39 heavy (non-hydrogen) atoms. The van der Waals surface area contributed by atoms with E-state index in [0.29, 0.717) is 5.39 Å². The molecule has 0 radical (unpaired) electrons. The third kappa shape index (κ3) is 3.15. The second-order valence-corrected chi connectivity index (χ2v) is 9.86. The van der Waals surface area contributed by atoms with Crippen molar-refractivity contribution in [2.75, 3.05) is 0 Å². The third-order valence-electron chi connectivity index (χ3n) is 7.67. The molecule has 0 aliphatic rings. The van der Waals surface area contributed by atoms with Crippen LogP contribution in [0.1, 0.15) is 0 Å². The molecule has 0 saturated heterocycles. The lowest BCUT2D eigenvalue weighted by atomic mass is 10.0. The molecule has 4 heteroatoms. The van der Waals surface area contributed by atoms with Gasteiger partial charge in [-0.05, 0) is 53.6 Å². The first kappa shape index (κ1) is 21.7. The molecule has 0 bridgehead atoms. The fraction of sp³-hybridized carbons (Fsp3) is 0. The first-order chi connectivity index (χ1) is 19.3. The Bertz CT molecular complexity index is 2220. The van der Waals surface area contributed by atoms with E-state index >= 15 is 0 Å². The highest BCUT2D eigenvalue weighted by molar-refractivity contribution is 6.22. The largest absolute Gasteiger partial charge is 0.319 e. The predicted molar refractivity (Wildman–Crippen MR) is 161 cm³/mol. The van der Waals surface area contributed by atoms with Gasteiger partial charge < -0.3 is 14.1 Å². The van der Waals surface area contributed by atoms with Gasteiger partial charge in [0.05, 0.1) is 33.0 Å². The molecule has 0 fully saturated rings. The Morgan fingerprint density at radius 2 is 1.05 bits per heavy atom. The van der Waals surface area contributed by atoms with E-state index in [1.54, 1.807) is 0 Å². The van der Waals surface area contributed by atoms with Gasteiger partial charge in [0.2, 0.25) is 0 Å². The molecule has 184 valence electrons. The summed E-state index contributed by atoms with van der Waals surface area (Å²) in [6.07, 6.45) is 0. The molecule has 0 spiro atoms. The number of pyridine rings is 1. The quantitative estimate of drug-likeness (QED) is 0.260. The molecule has 0 atom stereocenters. The number of nitrogens with zero attached hydrogens (tertiary/aromatic N) is 2. The van der Waals surface area contributed by atoms with Gasteiger partial charge in [-0.3, -0.25) is 4.79 Å². The van der Waals surface area contributed by atoms with Gasteiger partial charge in [0.1, 0.15) is 0 Å². The zero-order valence-electron chi connectivity index (χ0n) is 21.0. The molecule has 4 nitrogen and oxygen atoms in total. The number of benzene rings is 5. The summed E-state index contributed by atoms with van der Waals surface area (Å²) in [6, 6.07) is 45.8. The van der Waals surface area contributed by atoms with Crippen LogP contribution in [0.25, 0.3) is 66.2 Å². The normalized spacial score (nSPS) is 11.7. The summed E-state index contributed by atoms with van der Waals surface area (Å²) < 4.78 is 4.52. The van der Waals surface area contributed by atoms with E-state index in [4.69, 9.17) is 0 Å². The second kappa shape index (κ2) is 8.33. The number of nitrogens with one attached hydrogen (secondary N) is 1. The summed E-state index contributed by atoms with van der Waals surface area (Å²) in [7, 11) is 0. The van der Waals surface area contributed by atoms with E-state index in [0.717, 1.165) is 60.9 Å².